The number of morpholine rings is 1. The molecule has 0 radical (unpaired) electrons. The van der Waals surface area contributed by atoms with Gasteiger partial charge in [0.15, 0.2) is 0 Å². The zero-order chi connectivity index (χ0) is 12.4. The first-order valence-electron chi connectivity index (χ1n) is 6.49. The number of nitrogens with zero attached hydrogens (tertiary/aromatic N) is 1. The molecular formula is C13H19ClN2O2S. The summed E-state index contributed by atoms with van der Waals surface area (Å²) < 4.78 is 5.77. The summed E-state index contributed by atoms with van der Waals surface area (Å²) in [5, 5.41) is 5.31. The second-order valence-corrected chi connectivity index (χ2v) is 5.83. The van der Waals surface area contributed by atoms with E-state index in [1.807, 2.05) is 11.0 Å². The Morgan fingerprint density at radius 2 is 2.42 bits per heavy atom. The molecule has 0 aromatic carbocycles. The smallest absolute Gasteiger partial charge is 0.227 e. The maximum Gasteiger partial charge on any atom is 0.227 e. The van der Waals surface area contributed by atoms with Crippen LogP contribution in [-0.2, 0) is 9.53 Å². The van der Waals surface area contributed by atoms with E-state index in [0.717, 1.165) is 26.1 Å². The van der Waals surface area contributed by atoms with Gasteiger partial charge in [0.25, 0.3) is 0 Å². The Morgan fingerprint density at radius 3 is 3.11 bits per heavy atom. The first-order valence-corrected chi connectivity index (χ1v) is 7.37. The van der Waals surface area contributed by atoms with Crippen LogP contribution in [0.4, 0.5) is 0 Å². The molecule has 2 unspecified atom stereocenters. The van der Waals surface area contributed by atoms with Crippen LogP contribution in [0.2, 0.25) is 0 Å². The van der Waals surface area contributed by atoms with E-state index in [4.69, 9.17) is 4.74 Å². The topological polar surface area (TPSA) is 41.6 Å². The van der Waals surface area contributed by atoms with Crippen molar-refractivity contribution in [3.8, 4) is 0 Å². The van der Waals surface area contributed by atoms with Crippen molar-refractivity contribution in [3.63, 3.8) is 0 Å². The Labute approximate surface area is 123 Å². The van der Waals surface area contributed by atoms with E-state index in [9.17, 15) is 4.79 Å². The minimum Gasteiger partial charge on any atom is -0.369 e. The number of rotatable bonds is 2. The Bertz CT molecular complexity index is 407. The van der Waals surface area contributed by atoms with Crippen molar-refractivity contribution >= 4 is 29.7 Å². The molecule has 2 aliphatic heterocycles. The third-order valence-corrected chi connectivity index (χ3v) is 4.61. The van der Waals surface area contributed by atoms with Gasteiger partial charge in [-0.05, 0) is 24.4 Å². The first-order chi connectivity index (χ1) is 8.84. The molecule has 1 N–H and O–H groups in total. The predicted molar refractivity (Wildman–Crippen MR) is 77.8 cm³/mol. The molecule has 2 saturated heterocycles. The van der Waals surface area contributed by atoms with Gasteiger partial charge < -0.3 is 15.0 Å². The maximum absolute atomic E-state index is 12.3. The highest BCUT2D eigenvalue weighted by Crippen LogP contribution is 2.27. The van der Waals surface area contributed by atoms with E-state index in [2.05, 4.69) is 16.8 Å². The summed E-state index contributed by atoms with van der Waals surface area (Å²) in [6.07, 6.45) is 1.04. The van der Waals surface area contributed by atoms with Crippen molar-refractivity contribution < 1.29 is 9.53 Å². The summed E-state index contributed by atoms with van der Waals surface area (Å²) in [5.74, 6) is 0.469. The largest absolute Gasteiger partial charge is 0.369 e. The van der Waals surface area contributed by atoms with Gasteiger partial charge >= 0.3 is 0 Å². The number of halogens is 1. The van der Waals surface area contributed by atoms with Gasteiger partial charge in [-0.15, -0.1) is 23.7 Å². The molecule has 6 heteroatoms. The quantitative estimate of drug-likeness (QED) is 0.904. The predicted octanol–water partition coefficient (Wildman–Crippen LogP) is 1.68. The van der Waals surface area contributed by atoms with E-state index >= 15 is 0 Å². The Hall–Kier alpha value is -0.620. The summed E-state index contributed by atoms with van der Waals surface area (Å²) in [7, 11) is 0. The molecule has 2 atom stereocenters. The van der Waals surface area contributed by atoms with Crippen LogP contribution in [0.3, 0.4) is 0 Å². The molecule has 0 saturated carbocycles. The van der Waals surface area contributed by atoms with Crippen LogP contribution in [-0.4, -0.2) is 43.6 Å². The van der Waals surface area contributed by atoms with Crippen molar-refractivity contribution in [3.05, 3.63) is 22.4 Å². The number of ether oxygens (including phenoxy) is 1. The number of hydrogen-bond donors (Lipinski definition) is 1. The average molecular weight is 303 g/mol. The fourth-order valence-electron chi connectivity index (χ4n) is 2.62. The number of carbonyl (C=O) groups excluding carboxylic acids is 1. The molecule has 1 aromatic heterocycles. The van der Waals surface area contributed by atoms with Gasteiger partial charge in [-0.3, -0.25) is 4.79 Å². The molecule has 2 aliphatic rings. The lowest BCUT2D eigenvalue weighted by Gasteiger charge is -2.34. The monoisotopic (exact) mass is 302 g/mol. The fourth-order valence-corrected chi connectivity index (χ4v) is 3.39. The van der Waals surface area contributed by atoms with Crippen LogP contribution in [0.1, 0.15) is 17.4 Å². The summed E-state index contributed by atoms with van der Waals surface area (Å²) in [6.45, 7) is 3.89. The van der Waals surface area contributed by atoms with E-state index < -0.39 is 0 Å². The maximum atomic E-state index is 12.3. The second kappa shape index (κ2) is 6.70. The van der Waals surface area contributed by atoms with Crippen LogP contribution in [0.5, 0.6) is 0 Å². The van der Waals surface area contributed by atoms with Gasteiger partial charge in [0.05, 0.1) is 19.1 Å². The van der Waals surface area contributed by atoms with E-state index in [-0.39, 0.29) is 24.4 Å². The molecule has 2 fully saturated rings. The van der Waals surface area contributed by atoms with Crippen molar-refractivity contribution in [2.45, 2.75) is 12.5 Å². The summed E-state index contributed by atoms with van der Waals surface area (Å²) in [6, 6.07) is 4.12. The highest BCUT2D eigenvalue weighted by Gasteiger charge is 2.31. The Kier molecular flexibility index (Phi) is 5.21. The van der Waals surface area contributed by atoms with Crippen LogP contribution in [0.15, 0.2) is 17.5 Å². The highest BCUT2D eigenvalue weighted by atomic mass is 35.5. The molecule has 1 aromatic rings. The van der Waals surface area contributed by atoms with Gasteiger partial charge in [0.2, 0.25) is 5.91 Å². The van der Waals surface area contributed by atoms with Crippen LogP contribution in [0.25, 0.3) is 0 Å². The third-order valence-electron chi connectivity index (χ3n) is 3.65. The minimum absolute atomic E-state index is 0. The molecule has 0 spiro atoms. The van der Waals surface area contributed by atoms with E-state index in [0.29, 0.717) is 19.1 Å². The fraction of sp³-hybridized carbons (Fsp3) is 0.615. The summed E-state index contributed by atoms with van der Waals surface area (Å²) in [4.78, 5) is 15.5. The Morgan fingerprint density at radius 1 is 1.53 bits per heavy atom. The molecule has 3 heterocycles. The zero-order valence-corrected chi connectivity index (χ0v) is 12.3. The van der Waals surface area contributed by atoms with Gasteiger partial charge in [0.1, 0.15) is 6.10 Å². The molecule has 0 bridgehead atoms. The van der Waals surface area contributed by atoms with Crippen molar-refractivity contribution in [1.82, 2.24) is 10.2 Å². The lowest BCUT2D eigenvalue weighted by atomic mass is 10.1. The lowest BCUT2D eigenvalue weighted by Crippen LogP contribution is -2.45. The van der Waals surface area contributed by atoms with Gasteiger partial charge in [-0.2, -0.15) is 0 Å². The standard InChI is InChI=1S/C13H18N2O2S.ClH/c16-13(10-3-4-14-8-10)15-5-6-17-11(9-15)12-2-1-7-18-12;/h1-2,7,10-11,14H,3-6,8-9H2;1H. The van der Waals surface area contributed by atoms with Gasteiger partial charge in [-0.25, -0.2) is 0 Å². The number of thiophene rings is 1. The first kappa shape index (κ1) is 14.8. The lowest BCUT2D eigenvalue weighted by molar-refractivity contribution is -0.142. The van der Waals surface area contributed by atoms with Crippen LogP contribution < -0.4 is 5.32 Å². The second-order valence-electron chi connectivity index (χ2n) is 4.85. The Balaban J connectivity index is 0.00000133. The summed E-state index contributed by atoms with van der Waals surface area (Å²) in [5.41, 5.74) is 0. The van der Waals surface area contributed by atoms with Crippen LogP contribution in [0, 0.1) is 5.92 Å². The molecule has 19 heavy (non-hydrogen) atoms. The number of nitrogens with one attached hydrogen (secondary N) is 1. The third kappa shape index (κ3) is 3.28. The van der Waals surface area contributed by atoms with Crippen molar-refractivity contribution in [2.24, 2.45) is 5.92 Å². The normalized spacial score (nSPS) is 27.1. The SMILES string of the molecule is Cl.O=C(C1CCNC1)N1CCOC(c2cccs2)C1. The summed E-state index contributed by atoms with van der Waals surface area (Å²) >= 11 is 1.70. The average Bonchev–Trinajstić information content (AvgIpc) is 3.11. The highest BCUT2D eigenvalue weighted by molar-refractivity contribution is 7.10. The van der Waals surface area contributed by atoms with Crippen molar-refractivity contribution in [1.29, 1.82) is 0 Å². The van der Waals surface area contributed by atoms with Crippen LogP contribution >= 0.6 is 23.7 Å². The van der Waals surface area contributed by atoms with Gasteiger partial charge in [-0.1, -0.05) is 6.07 Å². The number of hydrogen-bond acceptors (Lipinski definition) is 4. The minimum atomic E-state index is 0. The number of carbonyl (C=O) groups is 1. The van der Waals surface area contributed by atoms with Crippen molar-refractivity contribution in [2.75, 3.05) is 32.8 Å². The molecule has 4 nitrogen and oxygen atoms in total. The van der Waals surface area contributed by atoms with E-state index in [1.54, 1.807) is 11.3 Å². The zero-order valence-electron chi connectivity index (χ0n) is 10.7. The molecule has 3 rings (SSSR count). The molecular weight excluding hydrogens is 284 g/mol. The van der Waals surface area contributed by atoms with E-state index in [1.165, 1.54) is 4.88 Å². The number of amides is 1. The van der Waals surface area contributed by atoms with Gasteiger partial charge in [0, 0.05) is 18.0 Å². The molecule has 0 aliphatic carbocycles. The molecule has 1 amide bonds. The molecule has 106 valence electrons.